The van der Waals surface area contributed by atoms with E-state index in [1.165, 1.54) is 16.6 Å². The van der Waals surface area contributed by atoms with E-state index < -0.39 is 0 Å². The fourth-order valence-electron chi connectivity index (χ4n) is 6.32. The normalized spacial score (nSPS) is 19.3. The number of aromatic nitrogens is 5. The number of piperazine rings is 1. The van der Waals surface area contributed by atoms with E-state index >= 15 is 0 Å². The van der Waals surface area contributed by atoms with Gasteiger partial charge in [-0.15, -0.1) is 5.10 Å². The highest BCUT2D eigenvalue weighted by Crippen LogP contribution is 2.29. The molecule has 222 valence electrons. The Morgan fingerprint density at radius 2 is 1.60 bits per heavy atom. The Morgan fingerprint density at radius 1 is 0.860 bits per heavy atom. The third-order valence-corrected chi connectivity index (χ3v) is 8.47. The monoisotopic (exact) mass is 585 g/mol. The first-order chi connectivity index (χ1) is 21.0. The molecule has 7 rings (SSSR count). The third-order valence-electron chi connectivity index (χ3n) is 8.47. The maximum Gasteiger partial charge on any atom is 0.259 e. The molecule has 10 nitrogen and oxygen atoms in total. The molecule has 3 aromatic heterocycles. The Labute approximate surface area is 247 Å². The zero-order valence-corrected chi connectivity index (χ0v) is 23.7. The molecule has 12 heteroatoms. The molecule has 0 spiro atoms. The molecule has 2 aliphatic heterocycles. The van der Waals surface area contributed by atoms with Crippen LogP contribution in [0.5, 0.6) is 0 Å². The van der Waals surface area contributed by atoms with E-state index in [9.17, 15) is 8.78 Å². The summed E-state index contributed by atoms with van der Waals surface area (Å²) in [5.41, 5.74) is 7.50. The zero-order valence-electron chi connectivity index (χ0n) is 23.7. The highest BCUT2D eigenvalue weighted by atomic mass is 19.1. The van der Waals surface area contributed by atoms with Gasteiger partial charge in [0.2, 0.25) is 17.7 Å². The molecular weight excluding hydrogens is 552 g/mol. The summed E-state index contributed by atoms with van der Waals surface area (Å²) in [7, 11) is 0. The van der Waals surface area contributed by atoms with E-state index in [0.29, 0.717) is 59.5 Å². The summed E-state index contributed by atoms with van der Waals surface area (Å²) in [5.74, 6) is 2.02. The van der Waals surface area contributed by atoms with Crippen molar-refractivity contribution in [2.24, 2.45) is 5.92 Å². The first kappa shape index (κ1) is 27.4. The van der Waals surface area contributed by atoms with Gasteiger partial charge in [0.25, 0.3) is 5.78 Å². The molecule has 5 aromatic rings. The van der Waals surface area contributed by atoms with Crippen molar-refractivity contribution in [3.8, 4) is 11.6 Å². The lowest BCUT2D eigenvalue weighted by Gasteiger charge is -2.47. The number of nitrogens with two attached hydrogens (primary N) is 1. The molecule has 2 aromatic carbocycles. The quantitative estimate of drug-likeness (QED) is 0.286. The number of benzene rings is 2. The van der Waals surface area contributed by atoms with Crippen LogP contribution in [0.25, 0.3) is 17.4 Å². The summed E-state index contributed by atoms with van der Waals surface area (Å²) < 4.78 is 36.0. The molecule has 0 aliphatic carbocycles. The minimum Gasteiger partial charge on any atom is -0.461 e. The van der Waals surface area contributed by atoms with Crippen LogP contribution in [0.2, 0.25) is 0 Å². The summed E-state index contributed by atoms with van der Waals surface area (Å²) in [6.45, 7) is 4.96. The van der Waals surface area contributed by atoms with Crippen LogP contribution in [0.1, 0.15) is 24.0 Å². The van der Waals surface area contributed by atoms with Gasteiger partial charge in [-0.05, 0) is 43.0 Å². The van der Waals surface area contributed by atoms with Gasteiger partial charge in [0.15, 0.2) is 5.76 Å². The highest BCUT2D eigenvalue weighted by molar-refractivity contribution is 5.53. The molecule has 2 unspecified atom stereocenters. The summed E-state index contributed by atoms with van der Waals surface area (Å²) in [4.78, 5) is 20.6. The van der Waals surface area contributed by atoms with E-state index in [1.54, 1.807) is 30.5 Å². The van der Waals surface area contributed by atoms with Crippen molar-refractivity contribution < 1.29 is 13.2 Å². The number of nitrogen functional groups attached to an aromatic ring is 1. The molecule has 2 aliphatic rings. The number of piperidine rings is 1. The Bertz CT molecular complexity index is 1660. The second-order valence-corrected chi connectivity index (χ2v) is 11.4. The predicted molar refractivity (Wildman–Crippen MR) is 158 cm³/mol. The number of hydrogen-bond acceptors (Lipinski definition) is 9. The number of rotatable bonds is 8. The van der Waals surface area contributed by atoms with Crippen LogP contribution in [-0.2, 0) is 13.1 Å². The van der Waals surface area contributed by atoms with Crippen molar-refractivity contribution in [1.29, 1.82) is 0 Å². The van der Waals surface area contributed by atoms with Gasteiger partial charge >= 0.3 is 0 Å². The number of nitrogens with zero attached hydrogens (tertiary/aromatic N) is 8. The molecule has 5 heterocycles. The van der Waals surface area contributed by atoms with Crippen molar-refractivity contribution in [3.05, 3.63) is 89.7 Å². The molecule has 2 saturated heterocycles. The Morgan fingerprint density at radius 3 is 2.30 bits per heavy atom. The van der Waals surface area contributed by atoms with Crippen LogP contribution in [0, 0.1) is 17.6 Å². The van der Waals surface area contributed by atoms with Gasteiger partial charge in [-0.3, -0.25) is 9.80 Å². The molecule has 43 heavy (non-hydrogen) atoms. The van der Waals surface area contributed by atoms with Gasteiger partial charge in [0, 0.05) is 63.0 Å². The molecule has 2 N–H and O–H groups in total. The third kappa shape index (κ3) is 5.80. The van der Waals surface area contributed by atoms with Crippen LogP contribution < -0.4 is 10.6 Å². The maximum atomic E-state index is 14.6. The van der Waals surface area contributed by atoms with Crippen LogP contribution >= 0.6 is 0 Å². The van der Waals surface area contributed by atoms with Crippen molar-refractivity contribution in [1.82, 2.24) is 34.4 Å². The van der Waals surface area contributed by atoms with Crippen molar-refractivity contribution in [2.75, 3.05) is 43.4 Å². The maximum absolute atomic E-state index is 14.6. The second-order valence-electron chi connectivity index (χ2n) is 11.4. The van der Waals surface area contributed by atoms with Crippen LogP contribution in [0.15, 0.2) is 71.3 Å². The highest BCUT2D eigenvalue weighted by Gasteiger charge is 2.35. The van der Waals surface area contributed by atoms with E-state index in [2.05, 4.69) is 34.8 Å². The largest absolute Gasteiger partial charge is 0.461 e. The average Bonchev–Trinajstić information content (AvgIpc) is 3.70. The van der Waals surface area contributed by atoms with Gasteiger partial charge in [-0.25, -0.2) is 8.78 Å². The van der Waals surface area contributed by atoms with Crippen molar-refractivity contribution in [3.63, 3.8) is 0 Å². The summed E-state index contributed by atoms with van der Waals surface area (Å²) >= 11 is 0. The first-order valence-electron chi connectivity index (χ1n) is 14.6. The first-order valence-corrected chi connectivity index (χ1v) is 14.6. The SMILES string of the molecule is Nc1nc(N2CCN3CC(CN(Cc4ccccc4F)Cc4ccccc4F)CCC3C2)nc2nc(-c3ccco3)nn12. The number of hydrogen-bond donors (Lipinski definition) is 1. The minimum absolute atomic E-state index is 0.223. The number of anilines is 2. The topological polar surface area (TPSA) is 105 Å². The average molecular weight is 586 g/mol. The predicted octanol–water partition coefficient (Wildman–Crippen LogP) is 4.24. The lowest BCUT2D eigenvalue weighted by molar-refractivity contribution is 0.0718. The van der Waals surface area contributed by atoms with Gasteiger partial charge in [-0.2, -0.15) is 19.5 Å². The van der Waals surface area contributed by atoms with Gasteiger partial charge < -0.3 is 15.1 Å². The number of furan rings is 1. The standard InChI is InChI=1S/C31H33F2N9O/c32-25-8-3-1-6-22(25)18-39(19-23-7-2-4-9-26(23)33)16-21-11-12-24-20-41(14-13-40(24)17-21)30-36-29(34)42-31(37-30)35-28(38-42)27-10-5-15-43-27/h1-10,15,21,24H,11-14,16-20H2,(H2,34,35,36,37,38). The lowest BCUT2D eigenvalue weighted by atomic mass is 9.90. The molecule has 0 saturated carbocycles. The summed E-state index contributed by atoms with van der Waals surface area (Å²) in [6, 6.07) is 17.6. The summed E-state index contributed by atoms with van der Waals surface area (Å²) in [6.07, 6.45) is 3.61. The smallest absolute Gasteiger partial charge is 0.259 e. The Balaban J connectivity index is 1.02. The van der Waals surface area contributed by atoms with Crippen LogP contribution in [0.3, 0.4) is 0 Å². The number of fused-ring (bicyclic) bond motifs is 2. The molecular formula is C31H33F2N9O. The molecule has 2 atom stereocenters. The number of halogens is 2. The van der Waals surface area contributed by atoms with Crippen molar-refractivity contribution >= 4 is 17.7 Å². The van der Waals surface area contributed by atoms with E-state index in [1.807, 2.05) is 24.3 Å². The van der Waals surface area contributed by atoms with E-state index in [0.717, 1.165) is 45.6 Å². The van der Waals surface area contributed by atoms with Crippen molar-refractivity contribution in [2.45, 2.75) is 32.0 Å². The Kier molecular flexibility index (Phi) is 7.45. The second kappa shape index (κ2) is 11.7. The van der Waals surface area contributed by atoms with Gasteiger partial charge in [-0.1, -0.05) is 36.4 Å². The molecule has 0 bridgehead atoms. The Hall–Kier alpha value is -4.42. The van der Waals surface area contributed by atoms with Gasteiger partial charge in [0.1, 0.15) is 11.6 Å². The molecule has 0 radical (unpaired) electrons. The van der Waals surface area contributed by atoms with E-state index in [-0.39, 0.29) is 17.6 Å². The van der Waals surface area contributed by atoms with Crippen LogP contribution in [0.4, 0.5) is 20.7 Å². The molecule has 2 fully saturated rings. The lowest BCUT2D eigenvalue weighted by Crippen LogP contribution is -2.57. The van der Waals surface area contributed by atoms with Crippen LogP contribution in [-0.4, -0.2) is 73.1 Å². The fourth-order valence-corrected chi connectivity index (χ4v) is 6.32. The van der Waals surface area contributed by atoms with Gasteiger partial charge in [0.05, 0.1) is 6.26 Å². The van der Waals surface area contributed by atoms with E-state index in [4.69, 9.17) is 10.2 Å². The minimum atomic E-state index is -0.231. The zero-order chi connectivity index (χ0) is 29.3. The summed E-state index contributed by atoms with van der Waals surface area (Å²) in [5, 5.41) is 4.39. The molecule has 0 amide bonds. The fraction of sp³-hybridized carbons (Fsp3) is 0.355.